The second-order valence-electron chi connectivity index (χ2n) is 2.67. The molecule has 0 bridgehead atoms. The number of nitrogen functional groups attached to an aromatic ring is 1. The fraction of sp³-hybridized carbons (Fsp3) is 0.222. The number of carbonyl (C=O) groups excluding carboxylic acids is 1. The molecule has 1 amide bonds. The lowest BCUT2D eigenvalue weighted by Gasteiger charge is -2.08. The largest absolute Gasteiger partial charge is 0.450 e. The predicted octanol–water partition coefficient (Wildman–Crippen LogP) is 2.12. The van der Waals surface area contributed by atoms with E-state index in [1.807, 2.05) is 0 Å². The zero-order valence-corrected chi connectivity index (χ0v) is 8.01. The van der Waals surface area contributed by atoms with E-state index < -0.39 is 23.4 Å². The highest BCUT2D eigenvalue weighted by Gasteiger charge is 2.12. The van der Waals surface area contributed by atoms with Crippen LogP contribution in [0.4, 0.5) is 25.0 Å². The van der Waals surface area contributed by atoms with Gasteiger partial charge in [0.1, 0.15) is 0 Å². The molecule has 0 spiro atoms. The first-order chi connectivity index (χ1) is 7.06. The first-order valence-electron chi connectivity index (χ1n) is 4.23. The van der Waals surface area contributed by atoms with Crippen LogP contribution in [0.5, 0.6) is 0 Å². The van der Waals surface area contributed by atoms with Crippen LogP contribution in [-0.4, -0.2) is 12.7 Å². The number of hydrogen-bond donors (Lipinski definition) is 2. The minimum atomic E-state index is -1.19. The van der Waals surface area contributed by atoms with Crippen LogP contribution in [0.15, 0.2) is 12.1 Å². The van der Waals surface area contributed by atoms with Crippen molar-refractivity contribution in [1.82, 2.24) is 0 Å². The van der Waals surface area contributed by atoms with E-state index >= 15 is 0 Å². The van der Waals surface area contributed by atoms with Crippen molar-refractivity contribution >= 4 is 17.5 Å². The third-order valence-electron chi connectivity index (χ3n) is 1.64. The van der Waals surface area contributed by atoms with Crippen LogP contribution in [0.1, 0.15) is 6.92 Å². The Balaban J connectivity index is 2.87. The molecule has 0 aliphatic rings. The van der Waals surface area contributed by atoms with E-state index in [1.54, 1.807) is 6.92 Å². The van der Waals surface area contributed by atoms with E-state index in [1.165, 1.54) is 0 Å². The normalized spacial score (nSPS) is 9.80. The Bertz CT molecular complexity index is 383. The lowest BCUT2D eigenvalue weighted by Crippen LogP contribution is -2.15. The van der Waals surface area contributed by atoms with Gasteiger partial charge in [-0.2, -0.15) is 0 Å². The van der Waals surface area contributed by atoms with Gasteiger partial charge in [0, 0.05) is 0 Å². The second kappa shape index (κ2) is 4.59. The van der Waals surface area contributed by atoms with Crippen LogP contribution < -0.4 is 11.1 Å². The van der Waals surface area contributed by atoms with Gasteiger partial charge in [-0.1, -0.05) is 0 Å². The van der Waals surface area contributed by atoms with Gasteiger partial charge in [-0.05, 0) is 19.1 Å². The van der Waals surface area contributed by atoms with Crippen LogP contribution in [0, 0.1) is 11.6 Å². The number of carbonyl (C=O) groups is 1. The Hall–Kier alpha value is -1.85. The molecule has 0 aliphatic heterocycles. The second-order valence-corrected chi connectivity index (χ2v) is 2.67. The van der Waals surface area contributed by atoms with Gasteiger partial charge in [-0.15, -0.1) is 0 Å². The summed E-state index contributed by atoms with van der Waals surface area (Å²) in [4.78, 5) is 11.0. The molecule has 82 valence electrons. The number of benzene rings is 1. The third-order valence-corrected chi connectivity index (χ3v) is 1.64. The van der Waals surface area contributed by atoms with E-state index in [0.29, 0.717) is 0 Å². The van der Waals surface area contributed by atoms with Crippen molar-refractivity contribution < 1.29 is 18.3 Å². The minimum Gasteiger partial charge on any atom is -0.450 e. The SMILES string of the molecule is CCOC(=O)Nc1ccc(F)c(F)c1N. The monoisotopic (exact) mass is 216 g/mol. The average molecular weight is 216 g/mol. The molecular weight excluding hydrogens is 206 g/mol. The Morgan fingerprint density at radius 3 is 2.80 bits per heavy atom. The maximum Gasteiger partial charge on any atom is 0.411 e. The van der Waals surface area contributed by atoms with Crippen molar-refractivity contribution in [1.29, 1.82) is 0 Å². The number of hydrogen-bond acceptors (Lipinski definition) is 3. The van der Waals surface area contributed by atoms with Crippen molar-refractivity contribution in [2.24, 2.45) is 0 Å². The summed E-state index contributed by atoms with van der Waals surface area (Å²) in [7, 11) is 0. The Morgan fingerprint density at radius 2 is 2.20 bits per heavy atom. The van der Waals surface area contributed by atoms with E-state index in [-0.39, 0.29) is 12.3 Å². The summed E-state index contributed by atoms with van der Waals surface area (Å²) in [6, 6.07) is 2.03. The molecule has 0 saturated heterocycles. The Kier molecular flexibility index (Phi) is 3.43. The molecule has 4 nitrogen and oxygen atoms in total. The highest BCUT2D eigenvalue weighted by Crippen LogP contribution is 2.23. The average Bonchev–Trinajstić information content (AvgIpc) is 2.20. The summed E-state index contributed by atoms with van der Waals surface area (Å²) in [6.07, 6.45) is -0.768. The summed E-state index contributed by atoms with van der Waals surface area (Å²) >= 11 is 0. The first kappa shape index (κ1) is 11.2. The maximum atomic E-state index is 12.9. The molecule has 1 aromatic carbocycles. The van der Waals surface area contributed by atoms with Crippen molar-refractivity contribution in [3.8, 4) is 0 Å². The molecule has 15 heavy (non-hydrogen) atoms. The lowest BCUT2D eigenvalue weighted by atomic mass is 10.2. The molecule has 0 aliphatic carbocycles. The zero-order valence-electron chi connectivity index (χ0n) is 8.01. The highest BCUT2D eigenvalue weighted by molar-refractivity contribution is 5.88. The zero-order chi connectivity index (χ0) is 11.4. The molecule has 0 unspecified atom stereocenters. The smallest absolute Gasteiger partial charge is 0.411 e. The molecular formula is C9H10F2N2O2. The number of ether oxygens (including phenoxy) is 1. The fourth-order valence-corrected chi connectivity index (χ4v) is 0.952. The quantitative estimate of drug-likeness (QED) is 0.744. The summed E-state index contributed by atoms with van der Waals surface area (Å²) in [6.45, 7) is 1.80. The van der Waals surface area contributed by atoms with Gasteiger partial charge in [-0.25, -0.2) is 13.6 Å². The first-order valence-corrected chi connectivity index (χ1v) is 4.23. The Labute approximate surface area is 85.0 Å². The molecule has 0 fully saturated rings. The van der Waals surface area contributed by atoms with Crippen LogP contribution >= 0.6 is 0 Å². The summed E-state index contributed by atoms with van der Waals surface area (Å²) < 4.78 is 30.1. The molecule has 0 atom stereocenters. The van der Waals surface area contributed by atoms with Crippen LogP contribution in [0.25, 0.3) is 0 Å². The number of rotatable bonds is 2. The maximum absolute atomic E-state index is 12.9. The summed E-state index contributed by atoms with van der Waals surface area (Å²) in [5.41, 5.74) is 4.77. The number of nitrogens with one attached hydrogen (secondary N) is 1. The van der Waals surface area contributed by atoms with Crippen molar-refractivity contribution in [3.63, 3.8) is 0 Å². The number of halogens is 2. The predicted molar refractivity (Wildman–Crippen MR) is 51.4 cm³/mol. The molecule has 1 rings (SSSR count). The summed E-state index contributed by atoms with van der Waals surface area (Å²) in [5.74, 6) is -2.26. The molecule has 1 aromatic rings. The third kappa shape index (κ3) is 2.55. The van der Waals surface area contributed by atoms with Crippen molar-refractivity contribution in [2.45, 2.75) is 6.92 Å². The van der Waals surface area contributed by atoms with Crippen molar-refractivity contribution in [3.05, 3.63) is 23.8 Å². The molecule has 3 N–H and O–H groups in total. The number of anilines is 2. The van der Waals surface area contributed by atoms with E-state index in [4.69, 9.17) is 5.73 Å². The fourth-order valence-electron chi connectivity index (χ4n) is 0.952. The molecule has 0 aromatic heterocycles. The number of amides is 1. The van der Waals surface area contributed by atoms with Gasteiger partial charge < -0.3 is 10.5 Å². The van der Waals surface area contributed by atoms with Crippen LogP contribution in [-0.2, 0) is 4.74 Å². The minimum absolute atomic E-state index is 0.0210. The molecule has 0 saturated carbocycles. The van der Waals surface area contributed by atoms with E-state index in [9.17, 15) is 13.6 Å². The van der Waals surface area contributed by atoms with Crippen LogP contribution in [0.3, 0.4) is 0 Å². The molecule has 0 radical (unpaired) electrons. The molecule has 6 heteroatoms. The molecule has 0 heterocycles. The lowest BCUT2D eigenvalue weighted by molar-refractivity contribution is 0.168. The summed E-state index contributed by atoms with van der Waals surface area (Å²) in [5, 5.41) is 2.19. The van der Waals surface area contributed by atoms with E-state index in [0.717, 1.165) is 12.1 Å². The standard InChI is InChI=1S/C9H10F2N2O2/c1-2-15-9(14)13-6-4-3-5(10)7(11)8(6)12/h3-4H,2,12H2,1H3,(H,13,14). The van der Waals surface area contributed by atoms with Crippen molar-refractivity contribution in [2.75, 3.05) is 17.7 Å². The Morgan fingerprint density at radius 1 is 1.53 bits per heavy atom. The van der Waals surface area contributed by atoms with Gasteiger partial charge >= 0.3 is 6.09 Å². The van der Waals surface area contributed by atoms with Gasteiger partial charge in [-0.3, -0.25) is 5.32 Å². The van der Waals surface area contributed by atoms with Crippen LogP contribution in [0.2, 0.25) is 0 Å². The highest BCUT2D eigenvalue weighted by atomic mass is 19.2. The van der Waals surface area contributed by atoms with Gasteiger partial charge in [0.05, 0.1) is 18.0 Å². The number of nitrogens with two attached hydrogens (primary N) is 1. The topological polar surface area (TPSA) is 64.3 Å². The van der Waals surface area contributed by atoms with E-state index in [2.05, 4.69) is 10.1 Å². The van der Waals surface area contributed by atoms with Gasteiger partial charge in [0.2, 0.25) is 0 Å². The van der Waals surface area contributed by atoms with Gasteiger partial charge in [0.15, 0.2) is 11.6 Å². The van der Waals surface area contributed by atoms with Gasteiger partial charge in [0.25, 0.3) is 0 Å².